The summed E-state index contributed by atoms with van der Waals surface area (Å²) in [5, 5.41) is 8.64. The van der Waals surface area contributed by atoms with Gasteiger partial charge in [0.15, 0.2) is 0 Å². The van der Waals surface area contributed by atoms with E-state index in [1.807, 2.05) is 0 Å². The zero-order chi connectivity index (χ0) is 22.0. The van der Waals surface area contributed by atoms with Gasteiger partial charge < -0.3 is 9.84 Å². The van der Waals surface area contributed by atoms with Crippen LogP contribution in [0.3, 0.4) is 0 Å². The minimum Gasteiger partial charge on any atom is -0.466 e. The van der Waals surface area contributed by atoms with Crippen LogP contribution < -0.4 is 0 Å². The summed E-state index contributed by atoms with van der Waals surface area (Å²) in [6.07, 6.45) is 30.0. The standard InChI is InChI=1S/C27H54O3/c1-2-3-4-5-6-7-8-9-10-11-12-13-14-15-16-17-18-19-20-21-22-24-27(29)30-26-23-25-28/h28H,2-26H2,1H3. The van der Waals surface area contributed by atoms with E-state index in [-0.39, 0.29) is 12.6 Å². The van der Waals surface area contributed by atoms with Crippen molar-refractivity contribution in [3.63, 3.8) is 0 Å². The third kappa shape index (κ3) is 25.5. The van der Waals surface area contributed by atoms with E-state index >= 15 is 0 Å². The third-order valence-corrected chi connectivity index (χ3v) is 6.05. The Bertz CT molecular complexity index is 330. The van der Waals surface area contributed by atoms with E-state index in [1.165, 1.54) is 122 Å². The average Bonchev–Trinajstić information content (AvgIpc) is 2.75. The molecule has 1 N–H and O–H groups in total. The van der Waals surface area contributed by atoms with Crippen molar-refractivity contribution in [2.24, 2.45) is 0 Å². The number of esters is 1. The summed E-state index contributed by atoms with van der Waals surface area (Å²) in [6, 6.07) is 0. The normalized spacial score (nSPS) is 11.1. The largest absolute Gasteiger partial charge is 0.466 e. The van der Waals surface area contributed by atoms with E-state index in [2.05, 4.69) is 6.92 Å². The molecule has 0 bridgehead atoms. The van der Waals surface area contributed by atoms with Crippen LogP contribution in [0.15, 0.2) is 0 Å². The second-order valence-corrected chi connectivity index (χ2v) is 9.12. The molecule has 0 amide bonds. The maximum absolute atomic E-state index is 11.4. The van der Waals surface area contributed by atoms with E-state index in [0.717, 1.165) is 12.8 Å². The highest BCUT2D eigenvalue weighted by Gasteiger charge is 2.02. The summed E-state index contributed by atoms with van der Waals surface area (Å²) in [4.78, 5) is 11.4. The number of hydrogen-bond acceptors (Lipinski definition) is 3. The van der Waals surface area contributed by atoms with Crippen molar-refractivity contribution in [2.45, 2.75) is 155 Å². The number of unbranched alkanes of at least 4 members (excludes halogenated alkanes) is 20. The lowest BCUT2D eigenvalue weighted by atomic mass is 10.0. The van der Waals surface area contributed by atoms with Gasteiger partial charge in [-0.2, -0.15) is 0 Å². The Morgan fingerprint density at radius 3 is 1.20 bits per heavy atom. The first-order valence-electron chi connectivity index (χ1n) is 13.6. The fourth-order valence-corrected chi connectivity index (χ4v) is 4.02. The van der Waals surface area contributed by atoms with Crippen molar-refractivity contribution < 1.29 is 14.6 Å². The molecule has 0 aromatic carbocycles. The lowest BCUT2D eigenvalue weighted by Crippen LogP contribution is -2.06. The Morgan fingerprint density at radius 2 is 0.867 bits per heavy atom. The van der Waals surface area contributed by atoms with Gasteiger partial charge in [0.2, 0.25) is 0 Å². The first-order chi connectivity index (χ1) is 14.8. The topological polar surface area (TPSA) is 46.5 Å². The van der Waals surface area contributed by atoms with Gasteiger partial charge in [-0.05, 0) is 6.42 Å². The predicted octanol–water partition coefficient (Wildman–Crippen LogP) is 8.51. The molecule has 3 nitrogen and oxygen atoms in total. The summed E-state index contributed by atoms with van der Waals surface area (Å²) in [7, 11) is 0. The van der Waals surface area contributed by atoms with Crippen LogP contribution in [0.1, 0.15) is 155 Å². The van der Waals surface area contributed by atoms with E-state index in [0.29, 0.717) is 19.4 Å². The fourth-order valence-electron chi connectivity index (χ4n) is 4.02. The average molecular weight is 427 g/mol. The Morgan fingerprint density at radius 1 is 0.533 bits per heavy atom. The number of aliphatic hydroxyl groups is 1. The van der Waals surface area contributed by atoms with Gasteiger partial charge in [-0.25, -0.2) is 0 Å². The van der Waals surface area contributed by atoms with Gasteiger partial charge in [-0.15, -0.1) is 0 Å². The fraction of sp³-hybridized carbons (Fsp3) is 0.963. The molecule has 0 saturated heterocycles. The summed E-state index contributed by atoms with van der Waals surface area (Å²) >= 11 is 0. The molecule has 0 spiro atoms. The lowest BCUT2D eigenvalue weighted by Gasteiger charge is -2.05. The third-order valence-electron chi connectivity index (χ3n) is 6.05. The Hall–Kier alpha value is -0.570. The Labute approximate surface area is 188 Å². The molecular weight excluding hydrogens is 372 g/mol. The molecule has 180 valence electrons. The van der Waals surface area contributed by atoms with Gasteiger partial charge in [0.25, 0.3) is 0 Å². The number of ether oxygens (including phenoxy) is 1. The zero-order valence-corrected chi connectivity index (χ0v) is 20.4. The van der Waals surface area contributed by atoms with Crippen LogP contribution in [-0.2, 0) is 9.53 Å². The van der Waals surface area contributed by atoms with Crippen molar-refractivity contribution in [3.8, 4) is 0 Å². The predicted molar refractivity (Wildman–Crippen MR) is 130 cm³/mol. The lowest BCUT2D eigenvalue weighted by molar-refractivity contribution is -0.144. The van der Waals surface area contributed by atoms with Crippen LogP contribution in [0.25, 0.3) is 0 Å². The first kappa shape index (κ1) is 29.4. The molecule has 0 saturated carbocycles. The summed E-state index contributed by atoms with van der Waals surface area (Å²) < 4.78 is 5.03. The van der Waals surface area contributed by atoms with Gasteiger partial charge in [-0.3, -0.25) is 4.79 Å². The molecule has 0 fully saturated rings. The van der Waals surface area contributed by atoms with Crippen LogP contribution in [0, 0.1) is 0 Å². The van der Waals surface area contributed by atoms with E-state index in [4.69, 9.17) is 9.84 Å². The molecule has 0 aliphatic carbocycles. The maximum atomic E-state index is 11.4. The minimum absolute atomic E-state index is 0.0899. The molecule has 0 aliphatic rings. The Balaban J connectivity index is 3.06. The molecule has 0 aliphatic heterocycles. The molecule has 0 heterocycles. The van der Waals surface area contributed by atoms with Crippen molar-refractivity contribution in [1.29, 1.82) is 0 Å². The van der Waals surface area contributed by atoms with E-state index in [9.17, 15) is 4.79 Å². The quantitative estimate of drug-likeness (QED) is 0.117. The molecule has 30 heavy (non-hydrogen) atoms. The summed E-state index contributed by atoms with van der Waals surface area (Å²) in [5.74, 6) is -0.110. The summed E-state index contributed by atoms with van der Waals surface area (Å²) in [5.41, 5.74) is 0. The zero-order valence-electron chi connectivity index (χ0n) is 20.4. The number of carbonyl (C=O) groups is 1. The highest BCUT2D eigenvalue weighted by atomic mass is 16.5. The number of hydrogen-bond donors (Lipinski definition) is 1. The maximum Gasteiger partial charge on any atom is 0.305 e. The summed E-state index contributed by atoms with van der Waals surface area (Å²) in [6.45, 7) is 2.73. The first-order valence-corrected chi connectivity index (χ1v) is 13.6. The molecule has 0 rings (SSSR count). The molecular formula is C27H54O3. The second-order valence-electron chi connectivity index (χ2n) is 9.12. The molecule has 0 radical (unpaired) electrons. The van der Waals surface area contributed by atoms with Crippen molar-refractivity contribution >= 4 is 5.97 Å². The molecule has 3 heteroatoms. The van der Waals surface area contributed by atoms with Crippen LogP contribution >= 0.6 is 0 Å². The number of aliphatic hydroxyl groups excluding tert-OH is 1. The number of rotatable bonds is 25. The van der Waals surface area contributed by atoms with E-state index in [1.54, 1.807) is 0 Å². The molecule has 0 aromatic heterocycles. The van der Waals surface area contributed by atoms with Crippen molar-refractivity contribution in [1.82, 2.24) is 0 Å². The van der Waals surface area contributed by atoms with Gasteiger partial charge >= 0.3 is 5.97 Å². The molecule has 0 unspecified atom stereocenters. The van der Waals surface area contributed by atoms with Gasteiger partial charge in [-0.1, -0.05) is 135 Å². The minimum atomic E-state index is -0.110. The van der Waals surface area contributed by atoms with E-state index < -0.39 is 0 Å². The monoisotopic (exact) mass is 426 g/mol. The SMILES string of the molecule is CCCCCCCCCCCCCCCCCCCCCCCC(=O)OCCCO. The molecule has 0 atom stereocenters. The second kappa shape index (κ2) is 26.5. The highest BCUT2D eigenvalue weighted by Crippen LogP contribution is 2.15. The number of carbonyl (C=O) groups excluding carboxylic acids is 1. The van der Waals surface area contributed by atoms with Crippen molar-refractivity contribution in [2.75, 3.05) is 13.2 Å². The van der Waals surface area contributed by atoms with Crippen LogP contribution in [0.4, 0.5) is 0 Å². The highest BCUT2D eigenvalue weighted by molar-refractivity contribution is 5.69. The smallest absolute Gasteiger partial charge is 0.305 e. The molecule has 0 aromatic rings. The van der Waals surface area contributed by atoms with Gasteiger partial charge in [0.05, 0.1) is 6.61 Å². The van der Waals surface area contributed by atoms with Crippen molar-refractivity contribution in [3.05, 3.63) is 0 Å². The van der Waals surface area contributed by atoms with Crippen LogP contribution in [0.2, 0.25) is 0 Å². The van der Waals surface area contributed by atoms with Crippen LogP contribution in [0.5, 0.6) is 0 Å². The van der Waals surface area contributed by atoms with Gasteiger partial charge in [0, 0.05) is 19.4 Å². The Kier molecular flexibility index (Phi) is 26.0. The van der Waals surface area contributed by atoms with Crippen LogP contribution in [-0.4, -0.2) is 24.3 Å². The van der Waals surface area contributed by atoms with Gasteiger partial charge in [0.1, 0.15) is 0 Å².